The summed E-state index contributed by atoms with van der Waals surface area (Å²) in [6.07, 6.45) is 0.0393. The molecular weight excluding hydrogens is 261 g/mol. The SMILES string of the molecule is O=C(CC1COCCN1)Nc1cc(F)cc(F)c1F. The van der Waals surface area contributed by atoms with E-state index in [-0.39, 0.29) is 12.5 Å². The summed E-state index contributed by atoms with van der Waals surface area (Å²) in [7, 11) is 0. The van der Waals surface area contributed by atoms with E-state index in [9.17, 15) is 18.0 Å². The van der Waals surface area contributed by atoms with Crippen molar-refractivity contribution in [2.24, 2.45) is 0 Å². The average Bonchev–Trinajstić information content (AvgIpc) is 2.36. The summed E-state index contributed by atoms with van der Waals surface area (Å²) in [4.78, 5) is 11.6. The van der Waals surface area contributed by atoms with Crippen molar-refractivity contribution in [3.63, 3.8) is 0 Å². The lowest BCUT2D eigenvalue weighted by Gasteiger charge is -2.23. The smallest absolute Gasteiger partial charge is 0.226 e. The molecule has 1 unspecified atom stereocenters. The zero-order valence-corrected chi connectivity index (χ0v) is 10.0. The molecule has 1 aliphatic rings. The van der Waals surface area contributed by atoms with Crippen molar-refractivity contribution < 1.29 is 22.7 Å². The molecule has 1 fully saturated rings. The lowest BCUT2D eigenvalue weighted by atomic mass is 10.2. The maximum absolute atomic E-state index is 13.3. The summed E-state index contributed by atoms with van der Waals surface area (Å²) < 4.78 is 44.4. The number of amides is 1. The second kappa shape index (κ2) is 6.03. The van der Waals surface area contributed by atoms with Crippen LogP contribution in [0.3, 0.4) is 0 Å². The average molecular weight is 274 g/mol. The Bertz CT molecular complexity index is 476. The highest BCUT2D eigenvalue weighted by Crippen LogP contribution is 2.19. The molecule has 1 aliphatic heterocycles. The normalized spacial score (nSPS) is 19.2. The minimum atomic E-state index is -1.34. The standard InChI is InChI=1S/C12H13F3N2O2/c13-7-3-9(14)12(15)10(4-7)17-11(18)5-8-6-19-2-1-16-8/h3-4,8,16H,1-2,5-6H2,(H,17,18). The highest BCUT2D eigenvalue weighted by Gasteiger charge is 2.19. The number of halogens is 3. The van der Waals surface area contributed by atoms with Crippen LogP contribution in [0.1, 0.15) is 6.42 Å². The van der Waals surface area contributed by atoms with Gasteiger partial charge in [0.05, 0.1) is 18.9 Å². The van der Waals surface area contributed by atoms with Crippen LogP contribution in [-0.2, 0) is 9.53 Å². The van der Waals surface area contributed by atoms with Gasteiger partial charge in [0.1, 0.15) is 5.82 Å². The zero-order valence-electron chi connectivity index (χ0n) is 10.0. The zero-order chi connectivity index (χ0) is 13.8. The predicted octanol–water partition coefficient (Wildman–Crippen LogP) is 1.42. The first-order valence-electron chi connectivity index (χ1n) is 5.82. The number of hydrogen-bond acceptors (Lipinski definition) is 3. The number of benzene rings is 1. The number of anilines is 1. The second-order valence-electron chi connectivity index (χ2n) is 4.23. The summed E-state index contributed by atoms with van der Waals surface area (Å²) in [5.74, 6) is -4.10. The molecule has 1 aromatic carbocycles. The molecule has 0 bridgehead atoms. The van der Waals surface area contributed by atoms with Gasteiger partial charge in [0.15, 0.2) is 11.6 Å². The lowest BCUT2D eigenvalue weighted by molar-refractivity contribution is -0.117. The van der Waals surface area contributed by atoms with Crippen LogP contribution in [-0.4, -0.2) is 31.7 Å². The molecule has 0 aliphatic carbocycles. The van der Waals surface area contributed by atoms with Crippen LogP contribution in [0.15, 0.2) is 12.1 Å². The van der Waals surface area contributed by atoms with Gasteiger partial charge in [0.25, 0.3) is 0 Å². The van der Waals surface area contributed by atoms with Gasteiger partial charge < -0.3 is 15.4 Å². The molecule has 1 amide bonds. The van der Waals surface area contributed by atoms with Crippen molar-refractivity contribution in [2.75, 3.05) is 25.1 Å². The third kappa shape index (κ3) is 3.68. The molecule has 0 spiro atoms. The summed E-state index contributed by atoms with van der Waals surface area (Å²) >= 11 is 0. The van der Waals surface area contributed by atoms with Gasteiger partial charge in [-0.25, -0.2) is 13.2 Å². The minimum Gasteiger partial charge on any atom is -0.378 e. The number of ether oxygens (including phenoxy) is 1. The van der Waals surface area contributed by atoms with Gasteiger partial charge in [-0.15, -0.1) is 0 Å². The first-order valence-corrected chi connectivity index (χ1v) is 5.82. The minimum absolute atomic E-state index is 0.0393. The van der Waals surface area contributed by atoms with Gasteiger partial charge in [-0.2, -0.15) is 0 Å². The number of carbonyl (C=O) groups excluding carboxylic acids is 1. The van der Waals surface area contributed by atoms with Crippen molar-refractivity contribution in [3.8, 4) is 0 Å². The van der Waals surface area contributed by atoms with Crippen LogP contribution in [0.5, 0.6) is 0 Å². The molecule has 104 valence electrons. The molecule has 1 heterocycles. The molecule has 7 heteroatoms. The van der Waals surface area contributed by atoms with E-state index < -0.39 is 29.0 Å². The molecule has 2 N–H and O–H groups in total. The fourth-order valence-corrected chi connectivity index (χ4v) is 1.82. The van der Waals surface area contributed by atoms with Gasteiger partial charge in [-0.1, -0.05) is 0 Å². The van der Waals surface area contributed by atoms with Crippen LogP contribution in [0.2, 0.25) is 0 Å². The fraction of sp³-hybridized carbons (Fsp3) is 0.417. The molecule has 4 nitrogen and oxygen atoms in total. The second-order valence-corrected chi connectivity index (χ2v) is 4.23. The van der Waals surface area contributed by atoms with E-state index in [0.29, 0.717) is 25.8 Å². The summed E-state index contributed by atoms with van der Waals surface area (Å²) in [6.45, 7) is 1.57. The number of rotatable bonds is 3. The van der Waals surface area contributed by atoms with Crippen molar-refractivity contribution in [1.29, 1.82) is 0 Å². The van der Waals surface area contributed by atoms with Crippen molar-refractivity contribution >= 4 is 11.6 Å². The quantitative estimate of drug-likeness (QED) is 0.820. The molecule has 1 saturated heterocycles. The van der Waals surface area contributed by atoms with Crippen LogP contribution in [0.4, 0.5) is 18.9 Å². The molecule has 0 radical (unpaired) electrons. The monoisotopic (exact) mass is 274 g/mol. The fourth-order valence-electron chi connectivity index (χ4n) is 1.82. The summed E-state index contributed by atoms with van der Waals surface area (Å²) in [6, 6.07) is 0.970. The van der Waals surface area contributed by atoms with E-state index in [4.69, 9.17) is 4.74 Å². The van der Waals surface area contributed by atoms with Crippen molar-refractivity contribution in [1.82, 2.24) is 5.32 Å². The van der Waals surface area contributed by atoms with E-state index in [1.165, 1.54) is 0 Å². The van der Waals surface area contributed by atoms with Crippen molar-refractivity contribution in [3.05, 3.63) is 29.6 Å². The lowest BCUT2D eigenvalue weighted by Crippen LogP contribution is -2.43. The molecule has 2 rings (SSSR count). The Hall–Kier alpha value is -1.60. The van der Waals surface area contributed by atoms with Crippen LogP contribution in [0, 0.1) is 17.5 Å². The topological polar surface area (TPSA) is 50.4 Å². The Morgan fingerprint density at radius 1 is 1.42 bits per heavy atom. The summed E-state index contributed by atoms with van der Waals surface area (Å²) in [5, 5.41) is 5.20. The van der Waals surface area contributed by atoms with Crippen molar-refractivity contribution in [2.45, 2.75) is 12.5 Å². The third-order valence-corrected chi connectivity index (χ3v) is 2.70. The largest absolute Gasteiger partial charge is 0.378 e. The molecule has 0 saturated carbocycles. The maximum atomic E-state index is 13.3. The predicted molar refractivity (Wildman–Crippen MR) is 62.2 cm³/mol. The van der Waals surface area contributed by atoms with Crippen LogP contribution in [0.25, 0.3) is 0 Å². The molecule has 0 aromatic heterocycles. The maximum Gasteiger partial charge on any atom is 0.226 e. The Labute approximate surface area is 107 Å². The van der Waals surface area contributed by atoms with E-state index in [1.54, 1.807) is 0 Å². The molecule has 1 atom stereocenters. The van der Waals surface area contributed by atoms with Gasteiger partial charge in [0, 0.05) is 31.1 Å². The van der Waals surface area contributed by atoms with Gasteiger partial charge >= 0.3 is 0 Å². The molecule has 19 heavy (non-hydrogen) atoms. The first kappa shape index (κ1) is 13.8. The number of hydrogen-bond donors (Lipinski definition) is 2. The van der Waals surface area contributed by atoms with Gasteiger partial charge in [0.2, 0.25) is 5.91 Å². The van der Waals surface area contributed by atoms with Gasteiger partial charge in [-0.05, 0) is 0 Å². The Kier molecular flexibility index (Phi) is 4.39. The van der Waals surface area contributed by atoms with E-state index in [0.717, 1.165) is 6.07 Å². The number of nitrogens with one attached hydrogen (secondary N) is 2. The van der Waals surface area contributed by atoms with Crippen LogP contribution >= 0.6 is 0 Å². The van der Waals surface area contributed by atoms with E-state index >= 15 is 0 Å². The van der Waals surface area contributed by atoms with E-state index in [1.807, 2.05) is 0 Å². The van der Waals surface area contributed by atoms with Gasteiger partial charge in [-0.3, -0.25) is 4.79 Å². The number of carbonyl (C=O) groups is 1. The highest BCUT2D eigenvalue weighted by atomic mass is 19.2. The first-order chi connectivity index (χ1) is 9.06. The Balaban J connectivity index is 1.98. The van der Waals surface area contributed by atoms with E-state index in [2.05, 4.69) is 10.6 Å². The summed E-state index contributed by atoms with van der Waals surface area (Å²) in [5.41, 5.74) is -0.501. The highest BCUT2D eigenvalue weighted by molar-refractivity contribution is 5.91. The van der Waals surface area contributed by atoms with Crippen LogP contribution < -0.4 is 10.6 Å². The Morgan fingerprint density at radius 2 is 2.21 bits per heavy atom. The number of morpholine rings is 1. The molecule has 1 aromatic rings. The third-order valence-electron chi connectivity index (χ3n) is 2.70. The Morgan fingerprint density at radius 3 is 2.89 bits per heavy atom. The molecular formula is C12H13F3N2O2.